The van der Waals surface area contributed by atoms with E-state index in [1.807, 2.05) is 18.2 Å². The summed E-state index contributed by atoms with van der Waals surface area (Å²) in [5, 5.41) is 12.3. The summed E-state index contributed by atoms with van der Waals surface area (Å²) >= 11 is 0. The molecule has 0 spiro atoms. The zero-order valence-electron chi connectivity index (χ0n) is 11.2. The van der Waals surface area contributed by atoms with E-state index in [4.69, 9.17) is 5.11 Å². The summed E-state index contributed by atoms with van der Waals surface area (Å²) in [5.74, 6) is -0.485. The van der Waals surface area contributed by atoms with Gasteiger partial charge in [0.25, 0.3) is 0 Å². The first-order valence-electron chi connectivity index (χ1n) is 6.63. The fraction of sp³-hybridized carbons (Fsp3) is 0.533. The molecular formula is C15H23NO2. The molecule has 0 unspecified atom stereocenters. The molecule has 0 bridgehead atoms. The maximum Gasteiger partial charge on any atom is 0.303 e. The molecular weight excluding hydrogens is 226 g/mol. The van der Waals surface area contributed by atoms with Crippen molar-refractivity contribution in [1.82, 2.24) is 5.32 Å². The van der Waals surface area contributed by atoms with Gasteiger partial charge in [0.1, 0.15) is 0 Å². The van der Waals surface area contributed by atoms with Crippen LogP contribution in [0, 0.1) is 5.92 Å². The lowest BCUT2D eigenvalue weighted by molar-refractivity contribution is -0.138. The average Bonchev–Trinajstić information content (AvgIpc) is 2.36. The van der Waals surface area contributed by atoms with Gasteiger partial charge in [0.15, 0.2) is 0 Å². The van der Waals surface area contributed by atoms with E-state index >= 15 is 0 Å². The second-order valence-electron chi connectivity index (χ2n) is 4.79. The van der Waals surface area contributed by atoms with Crippen molar-refractivity contribution >= 4 is 5.97 Å². The van der Waals surface area contributed by atoms with E-state index in [9.17, 15) is 4.79 Å². The summed E-state index contributed by atoms with van der Waals surface area (Å²) < 4.78 is 0. The van der Waals surface area contributed by atoms with E-state index < -0.39 is 5.97 Å². The van der Waals surface area contributed by atoms with Crippen LogP contribution >= 0.6 is 0 Å². The lowest BCUT2D eigenvalue weighted by Crippen LogP contribution is -2.27. The van der Waals surface area contributed by atoms with Crippen molar-refractivity contribution in [2.45, 2.75) is 39.2 Å². The lowest BCUT2D eigenvalue weighted by Gasteiger charge is -2.19. The SMILES string of the molecule is CCC[C@H](CN[C@H](C)c1ccccc1)CC(=O)O. The fourth-order valence-corrected chi connectivity index (χ4v) is 2.13. The van der Waals surface area contributed by atoms with Crippen LogP contribution in [0.15, 0.2) is 30.3 Å². The summed E-state index contributed by atoms with van der Waals surface area (Å²) in [6.45, 7) is 4.96. The van der Waals surface area contributed by atoms with E-state index in [0.717, 1.165) is 19.4 Å². The molecule has 3 heteroatoms. The Morgan fingerprint density at radius 2 is 2.00 bits per heavy atom. The van der Waals surface area contributed by atoms with Crippen LogP contribution in [0.2, 0.25) is 0 Å². The van der Waals surface area contributed by atoms with E-state index in [1.54, 1.807) is 0 Å². The van der Waals surface area contributed by atoms with Crippen LogP contribution in [0.1, 0.15) is 44.7 Å². The molecule has 0 aliphatic carbocycles. The molecule has 3 nitrogen and oxygen atoms in total. The molecule has 0 fully saturated rings. The number of hydrogen-bond donors (Lipinski definition) is 2. The lowest BCUT2D eigenvalue weighted by atomic mass is 9.99. The molecule has 0 saturated heterocycles. The van der Waals surface area contributed by atoms with Gasteiger partial charge in [-0.15, -0.1) is 0 Å². The molecule has 2 N–H and O–H groups in total. The molecule has 0 radical (unpaired) electrons. The summed E-state index contributed by atoms with van der Waals surface area (Å²) in [6, 6.07) is 10.5. The van der Waals surface area contributed by atoms with Gasteiger partial charge in [-0.05, 0) is 31.4 Å². The van der Waals surface area contributed by atoms with Gasteiger partial charge in [0.05, 0.1) is 0 Å². The number of carbonyl (C=O) groups is 1. The predicted octanol–water partition coefficient (Wildman–Crippen LogP) is 3.23. The molecule has 0 aliphatic rings. The van der Waals surface area contributed by atoms with Gasteiger partial charge in [-0.2, -0.15) is 0 Å². The Balaban J connectivity index is 2.44. The van der Waals surface area contributed by atoms with Crippen molar-refractivity contribution in [3.8, 4) is 0 Å². The molecule has 1 rings (SSSR count). The molecule has 0 amide bonds. The highest BCUT2D eigenvalue weighted by atomic mass is 16.4. The fourth-order valence-electron chi connectivity index (χ4n) is 2.13. The number of hydrogen-bond acceptors (Lipinski definition) is 2. The first kappa shape index (κ1) is 14.7. The minimum atomic E-state index is -0.706. The molecule has 100 valence electrons. The van der Waals surface area contributed by atoms with Crippen molar-refractivity contribution in [3.63, 3.8) is 0 Å². The van der Waals surface area contributed by atoms with Gasteiger partial charge in [0.2, 0.25) is 0 Å². The van der Waals surface area contributed by atoms with Crippen LogP contribution in [0.4, 0.5) is 0 Å². The maximum atomic E-state index is 10.8. The smallest absolute Gasteiger partial charge is 0.303 e. The molecule has 1 aromatic carbocycles. The molecule has 18 heavy (non-hydrogen) atoms. The van der Waals surface area contributed by atoms with Crippen molar-refractivity contribution in [3.05, 3.63) is 35.9 Å². The minimum absolute atomic E-state index is 0.221. The number of rotatable bonds is 8. The van der Waals surface area contributed by atoms with E-state index in [2.05, 4.69) is 31.3 Å². The Kier molecular flexibility index (Phi) is 6.44. The van der Waals surface area contributed by atoms with Crippen LogP contribution < -0.4 is 5.32 Å². The van der Waals surface area contributed by atoms with E-state index in [-0.39, 0.29) is 18.4 Å². The third kappa shape index (κ3) is 5.32. The normalized spacial score (nSPS) is 14.1. The largest absolute Gasteiger partial charge is 0.481 e. The molecule has 0 heterocycles. The molecule has 0 saturated carbocycles. The first-order valence-corrected chi connectivity index (χ1v) is 6.63. The van der Waals surface area contributed by atoms with Gasteiger partial charge in [-0.25, -0.2) is 0 Å². The Labute approximate surface area is 109 Å². The summed E-state index contributed by atoms with van der Waals surface area (Å²) in [6.07, 6.45) is 2.24. The van der Waals surface area contributed by atoms with Crippen molar-refractivity contribution < 1.29 is 9.90 Å². The zero-order valence-corrected chi connectivity index (χ0v) is 11.2. The highest BCUT2D eigenvalue weighted by Gasteiger charge is 2.13. The van der Waals surface area contributed by atoms with E-state index in [1.165, 1.54) is 5.56 Å². The number of aliphatic carboxylic acids is 1. The Morgan fingerprint density at radius 1 is 1.33 bits per heavy atom. The Bertz CT molecular complexity index is 351. The maximum absolute atomic E-state index is 10.8. The standard InChI is InChI=1S/C15H23NO2/c1-3-7-13(10-15(17)18)11-16-12(2)14-8-5-4-6-9-14/h4-6,8-9,12-13,16H,3,7,10-11H2,1-2H3,(H,17,18)/t12-,13+/m1/s1. The topological polar surface area (TPSA) is 49.3 Å². The molecule has 2 atom stereocenters. The van der Waals surface area contributed by atoms with Gasteiger partial charge >= 0.3 is 5.97 Å². The van der Waals surface area contributed by atoms with Crippen molar-refractivity contribution in [2.75, 3.05) is 6.54 Å². The Hall–Kier alpha value is -1.35. The van der Waals surface area contributed by atoms with Crippen LogP contribution in [0.3, 0.4) is 0 Å². The number of nitrogens with one attached hydrogen (secondary N) is 1. The first-order chi connectivity index (χ1) is 8.63. The summed E-state index contributed by atoms with van der Waals surface area (Å²) in [7, 11) is 0. The minimum Gasteiger partial charge on any atom is -0.481 e. The quantitative estimate of drug-likeness (QED) is 0.743. The van der Waals surface area contributed by atoms with Gasteiger partial charge in [0, 0.05) is 12.5 Å². The number of carboxylic acids is 1. The highest BCUT2D eigenvalue weighted by Crippen LogP contribution is 2.15. The van der Waals surface area contributed by atoms with Crippen LogP contribution in [-0.4, -0.2) is 17.6 Å². The van der Waals surface area contributed by atoms with E-state index in [0.29, 0.717) is 0 Å². The van der Waals surface area contributed by atoms with Gasteiger partial charge < -0.3 is 10.4 Å². The van der Waals surface area contributed by atoms with Crippen LogP contribution in [-0.2, 0) is 4.79 Å². The summed E-state index contributed by atoms with van der Waals surface area (Å²) in [5.41, 5.74) is 1.24. The predicted molar refractivity (Wildman–Crippen MR) is 73.5 cm³/mol. The van der Waals surface area contributed by atoms with Gasteiger partial charge in [-0.1, -0.05) is 43.7 Å². The highest BCUT2D eigenvalue weighted by molar-refractivity contribution is 5.67. The van der Waals surface area contributed by atoms with Crippen LogP contribution in [0.5, 0.6) is 0 Å². The van der Waals surface area contributed by atoms with Crippen molar-refractivity contribution in [2.24, 2.45) is 5.92 Å². The molecule has 0 aromatic heterocycles. The Morgan fingerprint density at radius 3 is 2.56 bits per heavy atom. The second-order valence-corrected chi connectivity index (χ2v) is 4.79. The molecule has 0 aliphatic heterocycles. The van der Waals surface area contributed by atoms with Gasteiger partial charge in [-0.3, -0.25) is 4.79 Å². The molecule has 1 aromatic rings. The third-order valence-corrected chi connectivity index (χ3v) is 3.17. The average molecular weight is 249 g/mol. The summed E-state index contributed by atoms with van der Waals surface area (Å²) in [4.78, 5) is 10.8. The van der Waals surface area contributed by atoms with Crippen molar-refractivity contribution in [1.29, 1.82) is 0 Å². The monoisotopic (exact) mass is 249 g/mol. The third-order valence-electron chi connectivity index (χ3n) is 3.17. The zero-order chi connectivity index (χ0) is 13.4. The van der Waals surface area contributed by atoms with Crippen LogP contribution in [0.25, 0.3) is 0 Å². The second kappa shape index (κ2) is 7.88. The number of carboxylic acid groups (broad SMARTS) is 1. The number of benzene rings is 1.